The second-order valence-corrected chi connectivity index (χ2v) is 14.9. The maximum absolute atomic E-state index is 12.8. The summed E-state index contributed by atoms with van der Waals surface area (Å²) in [7, 11) is 0. The summed E-state index contributed by atoms with van der Waals surface area (Å²) in [6.07, 6.45) is 12.6. The molecule has 2 N–H and O–H groups in total. The van der Waals surface area contributed by atoms with Gasteiger partial charge in [-0.3, -0.25) is 4.79 Å². The highest BCUT2D eigenvalue weighted by Gasteiger charge is 2.69. The molecule has 4 nitrogen and oxygen atoms in total. The minimum atomic E-state index is -0.565. The average molecular weight is 470 g/mol. The number of carboxylic acids is 1. The normalized spacial score (nSPS) is 50.3. The molecule has 0 bridgehead atoms. The number of aliphatic carboxylic acids is 1. The molecule has 4 saturated carbocycles. The largest absolute Gasteiger partial charge is 0.481 e. The van der Waals surface area contributed by atoms with Gasteiger partial charge in [0.2, 0.25) is 0 Å². The maximum Gasteiger partial charge on any atom is 0.310 e. The van der Waals surface area contributed by atoms with Crippen molar-refractivity contribution in [3.8, 4) is 0 Å². The van der Waals surface area contributed by atoms with Crippen LogP contribution in [0.5, 0.6) is 0 Å². The molecule has 190 valence electrons. The van der Waals surface area contributed by atoms with Gasteiger partial charge in [-0.05, 0) is 104 Å². The van der Waals surface area contributed by atoms with Gasteiger partial charge in [-0.1, -0.05) is 65.3 Å². The van der Waals surface area contributed by atoms with E-state index in [4.69, 9.17) is 0 Å². The number of nitrogens with zero attached hydrogens (tertiary/aromatic N) is 1. The number of fused-ring (bicyclic) bond motifs is 7. The molecule has 0 amide bonds. The first kappa shape index (κ1) is 24.4. The minimum Gasteiger partial charge on any atom is -0.481 e. The van der Waals surface area contributed by atoms with Crippen LogP contribution in [0.25, 0.3) is 0 Å². The lowest BCUT2D eigenvalue weighted by molar-refractivity contribution is -0.178. The first-order chi connectivity index (χ1) is 15.7. The number of carboxylic acid groups (broad SMARTS) is 1. The van der Waals surface area contributed by atoms with Gasteiger partial charge in [0.1, 0.15) is 0 Å². The topological polar surface area (TPSA) is 69.9 Å². The van der Waals surface area contributed by atoms with Crippen LogP contribution in [0.4, 0.5) is 0 Å². The summed E-state index contributed by atoms with van der Waals surface area (Å²) in [5.41, 5.74) is 2.50. The molecule has 0 heterocycles. The van der Waals surface area contributed by atoms with Gasteiger partial charge in [0, 0.05) is 5.41 Å². The SMILES string of the molecule is CC1(C)CC[C@]2(C(=O)O)CC[C@]3(C)C(=CC[C@@H]4[C@@]5(C)CC/C(=N/O)C(C)(C)[C@@H]5CC[C@]43C)[C@@H]2C1. The van der Waals surface area contributed by atoms with Gasteiger partial charge in [0.25, 0.3) is 0 Å². The molecule has 0 aromatic rings. The van der Waals surface area contributed by atoms with Gasteiger partial charge in [-0.25, -0.2) is 0 Å². The van der Waals surface area contributed by atoms with E-state index < -0.39 is 11.4 Å². The second kappa shape index (κ2) is 7.13. The lowest BCUT2D eigenvalue weighted by Crippen LogP contribution is -2.64. The van der Waals surface area contributed by atoms with Crippen LogP contribution in [0, 0.1) is 50.2 Å². The molecule has 0 saturated heterocycles. The lowest BCUT2D eigenvalue weighted by atomic mass is 9.33. The molecule has 5 aliphatic rings. The Morgan fingerprint density at radius 1 is 0.941 bits per heavy atom. The standard InChI is InChI=1S/C30H47NO3/c1-25(2)14-16-30(24(32)33)17-15-28(6)19(20(30)18-25)8-9-22-27(5)12-11-23(31-34)26(3,4)21(27)10-13-29(22,28)7/h8,20-22,34H,9-18H2,1-7H3,(H,32,33)/b31-23-/t20-,21-,22+,27-,28+,29+,30-/m0/s1. The van der Waals surface area contributed by atoms with Crippen LogP contribution in [-0.4, -0.2) is 22.0 Å². The van der Waals surface area contributed by atoms with Crippen LogP contribution >= 0.6 is 0 Å². The van der Waals surface area contributed by atoms with Crippen LogP contribution in [0.1, 0.15) is 113 Å². The molecule has 0 spiro atoms. The van der Waals surface area contributed by atoms with Crippen molar-refractivity contribution in [1.82, 2.24) is 0 Å². The number of hydrogen-bond acceptors (Lipinski definition) is 3. The maximum atomic E-state index is 12.8. The zero-order chi connectivity index (χ0) is 24.9. The molecule has 34 heavy (non-hydrogen) atoms. The number of allylic oxidation sites excluding steroid dienone is 2. The molecular weight excluding hydrogens is 422 g/mol. The predicted octanol–water partition coefficient (Wildman–Crippen LogP) is 7.70. The Labute approximate surface area is 206 Å². The molecule has 0 aromatic carbocycles. The lowest BCUT2D eigenvalue weighted by Gasteiger charge is -2.70. The van der Waals surface area contributed by atoms with E-state index in [-0.39, 0.29) is 33.0 Å². The fourth-order valence-electron chi connectivity index (χ4n) is 10.6. The molecule has 5 rings (SSSR count). The summed E-state index contributed by atoms with van der Waals surface area (Å²) in [6, 6.07) is 0. The summed E-state index contributed by atoms with van der Waals surface area (Å²) in [6.45, 7) is 16.9. The van der Waals surface area contributed by atoms with E-state index in [0.29, 0.717) is 11.8 Å². The Bertz CT molecular complexity index is 962. The van der Waals surface area contributed by atoms with Gasteiger partial charge in [0.05, 0.1) is 11.1 Å². The van der Waals surface area contributed by atoms with Crippen LogP contribution in [0.2, 0.25) is 0 Å². The van der Waals surface area contributed by atoms with E-state index in [9.17, 15) is 15.1 Å². The van der Waals surface area contributed by atoms with Gasteiger partial charge in [-0.2, -0.15) is 0 Å². The Balaban J connectivity index is 1.60. The first-order valence-electron chi connectivity index (χ1n) is 13.8. The third-order valence-electron chi connectivity index (χ3n) is 13.0. The molecule has 7 atom stereocenters. The molecule has 0 aromatic heterocycles. The molecule has 0 aliphatic heterocycles. The first-order valence-corrected chi connectivity index (χ1v) is 13.8. The van der Waals surface area contributed by atoms with E-state index in [1.54, 1.807) is 0 Å². The monoisotopic (exact) mass is 469 g/mol. The van der Waals surface area contributed by atoms with Crippen molar-refractivity contribution < 1.29 is 15.1 Å². The van der Waals surface area contributed by atoms with E-state index in [2.05, 4.69) is 59.7 Å². The Morgan fingerprint density at radius 3 is 2.26 bits per heavy atom. The molecule has 5 aliphatic carbocycles. The van der Waals surface area contributed by atoms with E-state index in [1.807, 2.05) is 0 Å². The summed E-state index contributed by atoms with van der Waals surface area (Å²) in [4.78, 5) is 12.8. The van der Waals surface area contributed by atoms with Crippen LogP contribution < -0.4 is 0 Å². The van der Waals surface area contributed by atoms with Crippen molar-refractivity contribution in [2.75, 3.05) is 0 Å². The van der Waals surface area contributed by atoms with Crippen molar-refractivity contribution in [2.24, 2.45) is 55.4 Å². The second-order valence-electron chi connectivity index (χ2n) is 14.9. The fraction of sp³-hybridized carbons (Fsp3) is 0.867. The van der Waals surface area contributed by atoms with Crippen LogP contribution in [0.3, 0.4) is 0 Å². The summed E-state index contributed by atoms with van der Waals surface area (Å²) in [5, 5.41) is 24.0. The zero-order valence-corrected chi connectivity index (χ0v) is 22.6. The predicted molar refractivity (Wildman–Crippen MR) is 136 cm³/mol. The molecular formula is C30H47NO3. The van der Waals surface area contributed by atoms with Crippen molar-refractivity contribution in [3.05, 3.63) is 11.6 Å². The van der Waals surface area contributed by atoms with Gasteiger partial charge in [0.15, 0.2) is 0 Å². The molecule has 0 radical (unpaired) electrons. The number of rotatable bonds is 1. The Kier molecular flexibility index (Phi) is 5.11. The van der Waals surface area contributed by atoms with Gasteiger partial charge >= 0.3 is 5.97 Å². The highest BCUT2D eigenvalue weighted by atomic mass is 16.4. The number of carbonyl (C=O) groups is 1. The minimum absolute atomic E-state index is 0.0659. The van der Waals surface area contributed by atoms with Gasteiger partial charge < -0.3 is 10.3 Å². The van der Waals surface area contributed by atoms with Crippen molar-refractivity contribution in [2.45, 2.75) is 113 Å². The molecule has 4 fully saturated rings. The third-order valence-corrected chi connectivity index (χ3v) is 13.0. The number of hydrogen-bond donors (Lipinski definition) is 2. The highest BCUT2D eigenvalue weighted by Crippen LogP contribution is 2.75. The Hall–Kier alpha value is -1.32. The van der Waals surface area contributed by atoms with Crippen molar-refractivity contribution in [1.29, 1.82) is 0 Å². The molecule has 0 unspecified atom stereocenters. The fourth-order valence-corrected chi connectivity index (χ4v) is 10.6. The van der Waals surface area contributed by atoms with Crippen LogP contribution in [0.15, 0.2) is 16.8 Å². The summed E-state index contributed by atoms with van der Waals surface area (Å²) < 4.78 is 0. The zero-order valence-electron chi connectivity index (χ0n) is 22.6. The third kappa shape index (κ3) is 2.83. The van der Waals surface area contributed by atoms with E-state index in [0.717, 1.165) is 57.1 Å². The van der Waals surface area contributed by atoms with E-state index in [1.165, 1.54) is 18.4 Å². The van der Waals surface area contributed by atoms with Crippen molar-refractivity contribution in [3.63, 3.8) is 0 Å². The smallest absolute Gasteiger partial charge is 0.310 e. The summed E-state index contributed by atoms with van der Waals surface area (Å²) >= 11 is 0. The quantitative estimate of drug-likeness (QED) is 0.235. The average Bonchev–Trinajstić information content (AvgIpc) is 2.73. The Morgan fingerprint density at radius 2 is 1.62 bits per heavy atom. The highest BCUT2D eigenvalue weighted by molar-refractivity contribution is 5.90. The van der Waals surface area contributed by atoms with Crippen LogP contribution in [-0.2, 0) is 4.79 Å². The van der Waals surface area contributed by atoms with E-state index >= 15 is 0 Å². The summed E-state index contributed by atoms with van der Waals surface area (Å²) in [5.74, 6) is 0.725. The number of oxime groups is 1. The van der Waals surface area contributed by atoms with Gasteiger partial charge in [-0.15, -0.1) is 0 Å². The van der Waals surface area contributed by atoms with Crippen molar-refractivity contribution >= 4 is 11.7 Å². The molecule has 4 heteroatoms.